The van der Waals surface area contributed by atoms with Crippen molar-refractivity contribution < 1.29 is 9.47 Å². The van der Waals surface area contributed by atoms with Gasteiger partial charge in [-0.05, 0) is 37.5 Å². The quantitative estimate of drug-likeness (QED) is 0.697. The Morgan fingerprint density at radius 1 is 1.13 bits per heavy atom. The van der Waals surface area contributed by atoms with E-state index in [2.05, 4.69) is 6.92 Å². The van der Waals surface area contributed by atoms with Gasteiger partial charge in [-0.2, -0.15) is 0 Å². The zero-order valence-corrected chi connectivity index (χ0v) is 9.71. The summed E-state index contributed by atoms with van der Waals surface area (Å²) in [7, 11) is 0. The molecule has 2 heteroatoms. The average molecular weight is 210 g/mol. The maximum absolute atomic E-state index is 6.28. The fourth-order valence-electron chi connectivity index (χ4n) is 3.78. The molecule has 1 saturated heterocycles. The predicted octanol–water partition coefficient (Wildman–Crippen LogP) is 3.11. The highest BCUT2D eigenvalue weighted by Gasteiger charge is 2.48. The van der Waals surface area contributed by atoms with Gasteiger partial charge in [-0.1, -0.05) is 19.8 Å². The van der Waals surface area contributed by atoms with E-state index in [1.807, 2.05) is 0 Å². The first-order valence-electron chi connectivity index (χ1n) is 6.60. The molecule has 2 aliphatic carbocycles. The molecule has 1 aliphatic heterocycles. The topological polar surface area (TPSA) is 18.5 Å². The van der Waals surface area contributed by atoms with Crippen molar-refractivity contribution in [2.24, 2.45) is 11.8 Å². The van der Waals surface area contributed by atoms with Crippen LogP contribution in [0.1, 0.15) is 51.9 Å². The van der Waals surface area contributed by atoms with Crippen LogP contribution >= 0.6 is 0 Å². The lowest BCUT2D eigenvalue weighted by atomic mass is 9.62. The Bertz CT molecular complexity index is 225. The van der Waals surface area contributed by atoms with Crippen LogP contribution in [0.5, 0.6) is 0 Å². The van der Waals surface area contributed by atoms with Crippen LogP contribution in [0.2, 0.25) is 0 Å². The minimum atomic E-state index is 0.129. The first-order valence-corrected chi connectivity index (χ1v) is 6.60. The highest BCUT2D eigenvalue weighted by atomic mass is 16.7. The highest BCUT2D eigenvalue weighted by Crippen LogP contribution is 2.50. The molecule has 2 atom stereocenters. The molecule has 0 radical (unpaired) electrons. The third kappa shape index (κ3) is 1.62. The Morgan fingerprint density at radius 3 is 2.33 bits per heavy atom. The average Bonchev–Trinajstić information content (AvgIpc) is 2.13. The van der Waals surface area contributed by atoms with Gasteiger partial charge in [0.2, 0.25) is 0 Å². The zero-order chi connectivity index (χ0) is 10.3. The van der Waals surface area contributed by atoms with Crippen molar-refractivity contribution in [2.75, 3.05) is 6.61 Å². The van der Waals surface area contributed by atoms with Gasteiger partial charge in [-0.15, -0.1) is 0 Å². The first-order chi connectivity index (χ1) is 7.30. The van der Waals surface area contributed by atoms with E-state index in [0.717, 1.165) is 24.9 Å². The van der Waals surface area contributed by atoms with Crippen LogP contribution in [0, 0.1) is 11.8 Å². The van der Waals surface area contributed by atoms with Gasteiger partial charge < -0.3 is 9.47 Å². The Labute approximate surface area is 92.3 Å². The van der Waals surface area contributed by atoms with Gasteiger partial charge in [-0.25, -0.2) is 0 Å². The molecule has 86 valence electrons. The Kier molecular flexibility index (Phi) is 2.52. The van der Waals surface area contributed by atoms with E-state index in [9.17, 15) is 0 Å². The fraction of sp³-hybridized carbons (Fsp3) is 1.00. The van der Waals surface area contributed by atoms with Crippen molar-refractivity contribution in [1.82, 2.24) is 0 Å². The summed E-state index contributed by atoms with van der Waals surface area (Å²) in [5, 5.41) is 0. The number of hydrogen-bond acceptors (Lipinski definition) is 2. The third-order valence-corrected chi connectivity index (χ3v) is 4.91. The van der Waals surface area contributed by atoms with E-state index in [0.29, 0.717) is 0 Å². The number of hydrogen-bond donors (Lipinski definition) is 0. The lowest BCUT2D eigenvalue weighted by molar-refractivity contribution is -0.294. The fourth-order valence-corrected chi connectivity index (χ4v) is 3.78. The van der Waals surface area contributed by atoms with Gasteiger partial charge in [0.05, 0.1) is 12.2 Å². The monoisotopic (exact) mass is 210 g/mol. The third-order valence-electron chi connectivity index (χ3n) is 4.91. The molecule has 0 aromatic carbocycles. The molecule has 2 unspecified atom stereocenters. The van der Waals surface area contributed by atoms with Crippen molar-refractivity contribution in [3.05, 3.63) is 0 Å². The van der Waals surface area contributed by atoms with E-state index >= 15 is 0 Å². The van der Waals surface area contributed by atoms with E-state index in [4.69, 9.17) is 9.47 Å². The van der Waals surface area contributed by atoms with Gasteiger partial charge in [0.25, 0.3) is 0 Å². The first kappa shape index (κ1) is 10.1. The molecule has 0 aromatic heterocycles. The second-order valence-electron chi connectivity index (χ2n) is 5.60. The normalized spacial score (nSPS) is 49.8. The van der Waals surface area contributed by atoms with Crippen molar-refractivity contribution in [3.63, 3.8) is 0 Å². The highest BCUT2D eigenvalue weighted by molar-refractivity contribution is 4.97. The maximum atomic E-state index is 6.28. The molecule has 2 nitrogen and oxygen atoms in total. The van der Waals surface area contributed by atoms with Crippen molar-refractivity contribution in [3.8, 4) is 0 Å². The molecule has 0 amide bonds. The summed E-state index contributed by atoms with van der Waals surface area (Å²) >= 11 is 0. The molecular weight excluding hydrogens is 188 g/mol. The van der Waals surface area contributed by atoms with Crippen LogP contribution in [0.25, 0.3) is 0 Å². The number of fused-ring (bicyclic) bond motifs is 2. The maximum Gasteiger partial charge on any atom is 0.160 e. The molecule has 0 N–H and O–H groups in total. The molecule has 3 fully saturated rings. The Hall–Kier alpha value is -0.0800. The summed E-state index contributed by atoms with van der Waals surface area (Å²) in [6.07, 6.45) is 9.36. The van der Waals surface area contributed by atoms with Gasteiger partial charge >= 0.3 is 0 Å². The van der Waals surface area contributed by atoms with E-state index in [-0.39, 0.29) is 11.9 Å². The predicted molar refractivity (Wildman–Crippen MR) is 58.5 cm³/mol. The van der Waals surface area contributed by atoms with E-state index < -0.39 is 0 Å². The van der Waals surface area contributed by atoms with Crippen LogP contribution < -0.4 is 0 Å². The SMILES string of the molecule is CC1C2CCCC1(OC1CCO1)CCC2. The summed E-state index contributed by atoms with van der Waals surface area (Å²) in [5.41, 5.74) is 0.187. The molecule has 0 aromatic rings. The van der Waals surface area contributed by atoms with Gasteiger partial charge in [-0.3, -0.25) is 0 Å². The molecule has 1 heterocycles. The van der Waals surface area contributed by atoms with Crippen molar-refractivity contribution in [2.45, 2.75) is 63.8 Å². The number of rotatable bonds is 2. The molecule has 3 rings (SSSR count). The standard InChI is InChI=1S/C13H22O2/c1-10-11-4-2-7-13(10,8-3-5-11)15-12-6-9-14-12/h10-12H,2-9H2,1H3. The molecule has 2 saturated carbocycles. The van der Waals surface area contributed by atoms with Crippen molar-refractivity contribution >= 4 is 0 Å². The molecule has 15 heavy (non-hydrogen) atoms. The van der Waals surface area contributed by atoms with Crippen molar-refractivity contribution in [1.29, 1.82) is 0 Å². The number of ether oxygens (including phenoxy) is 2. The lowest BCUT2D eigenvalue weighted by Crippen LogP contribution is -2.52. The zero-order valence-electron chi connectivity index (χ0n) is 9.71. The minimum absolute atomic E-state index is 0.129. The molecule has 2 bridgehead atoms. The second-order valence-corrected chi connectivity index (χ2v) is 5.60. The Morgan fingerprint density at radius 2 is 1.80 bits per heavy atom. The second kappa shape index (κ2) is 3.74. The van der Waals surface area contributed by atoms with Crippen LogP contribution in [0.3, 0.4) is 0 Å². The largest absolute Gasteiger partial charge is 0.352 e. The summed E-state index contributed by atoms with van der Waals surface area (Å²) in [4.78, 5) is 0. The Balaban J connectivity index is 1.74. The van der Waals surface area contributed by atoms with Gasteiger partial charge in [0, 0.05) is 6.42 Å². The van der Waals surface area contributed by atoms with Gasteiger partial charge in [0.15, 0.2) is 6.29 Å². The molecular formula is C13H22O2. The minimum Gasteiger partial charge on any atom is -0.352 e. The summed E-state index contributed by atoms with van der Waals surface area (Å²) in [5.74, 6) is 1.68. The van der Waals surface area contributed by atoms with E-state index in [1.54, 1.807) is 0 Å². The van der Waals surface area contributed by atoms with Crippen LogP contribution in [0.4, 0.5) is 0 Å². The van der Waals surface area contributed by atoms with Crippen LogP contribution in [0.15, 0.2) is 0 Å². The summed E-state index contributed by atoms with van der Waals surface area (Å²) < 4.78 is 11.7. The van der Waals surface area contributed by atoms with Crippen LogP contribution in [-0.4, -0.2) is 18.5 Å². The smallest absolute Gasteiger partial charge is 0.160 e. The van der Waals surface area contributed by atoms with Crippen LogP contribution in [-0.2, 0) is 9.47 Å². The molecule has 0 spiro atoms. The summed E-state index contributed by atoms with van der Waals surface area (Å²) in [6, 6.07) is 0. The van der Waals surface area contributed by atoms with Gasteiger partial charge in [0.1, 0.15) is 0 Å². The summed E-state index contributed by atoms with van der Waals surface area (Å²) in [6.45, 7) is 3.31. The lowest BCUT2D eigenvalue weighted by Gasteiger charge is -2.52. The molecule has 3 aliphatic rings. The van der Waals surface area contributed by atoms with E-state index in [1.165, 1.54) is 38.5 Å².